The first-order chi connectivity index (χ1) is 14.7. The maximum Gasteiger partial charge on any atom is 0.280 e. The first-order valence-corrected chi connectivity index (χ1v) is 9.49. The molecule has 8 nitrogen and oxygen atoms in total. The van der Waals surface area contributed by atoms with Gasteiger partial charge in [0.05, 0.1) is 21.9 Å². The summed E-state index contributed by atoms with van der Waals surface area (Å²) in [5.74, 6) is -0.202. The summed E-state index contributed by atoms with van der Waals surface area (Å²) >= 11 is 0. The molecule has 2 aromatic carbocycles. The van der Waals surface area contributed by atoms with Gasteiger partial charge in [0.2, 0.25) is 0 Å². The molecule has 8 heteroatoms. The Morgan fingerprint density at radius 3 is 2.52 bits per heavy atom. The number of nitro benzene ring substituents is 1. The van der Waals surface area contributed by atoms with Gasteiger partial charge in [-0.25, -0.2) is 0 Å². The second kappa shape index (κ2) is 7.56. The summed E-state index contributed by atoms with van der Waals surface area (Å²) < 4.78 is 5.75. The van der Waals surface area contributed by atoms with E-state index in [4.69, 9.17) is 4.42 Å². The van der Waals surface area contributed by atoms with E-state index in [0.29, 0.717) is 34.1 Å². The number of hydrogen-bond donors (Lipinski definition) is 0. The summed E-state index contributed by atoms with van der Waals surface area (Å²) in [6.45, 7) is 5.71. The lowest BCUT2D eigenvalue weighted by Crippen LogP contribution is -2.21. The summed E-state index contributed by atoms with van der Waals surface area (Å²) in [5, 5.41) is 28.3. The highest BCUT2D eigenvalue weighted by atomic mass is 16.6. The van der Waals surface area contributed by atoms with Gasteiger partial charge in [0, 0.05) is 11.6 Å². The lowest BCUT2D eigenvalue weighted by molar-refractivity contribution is -0.398. The van der Waals surface area contributed by atoms with Gasteiger partial charge in [-0.15, -0.1) is 0 Å². The SMILES string of the molecule is CC1=NN(c2ccc(C)c(C)c2)C(=O)/C1=C/c1ccc(-c2ccc([O-])c([N+](=O)[O-])c2)o1. The summed E-state index contributed by atoms with van der Waals surface area (Å²) in [6.07, 6.45) is 1.59. The molecule has 156 valence electrons. The Balaban J connectivity index is 1.63. The molecule has 0 aliphatic carbocycles. The van der Waals surface area contributed by atoms with Crippen LogP contribution < -0.4 is 10.1 Å². The molecule has 0 fully saturated rings. The topological polar surface area (TPSA) is 112 Å². The van der Waals surface area contributed by atoms with Crippen molar-refractivity contribution in [2.75, 3.05) is 5.01 Å². The molecule has 1 aromatic heterocycles. The highest BCUT2D eigenvalue weighted by Gasteiger charge is 2.29. The van der Waals surface area contributed by atoms with Gasteiger partial charge < -0.3 is 9.52 Å². The highest BCUT2D eigenvalue weighted by Crippen LogP contribution is 2.32. The second-order valence-electron chi connectivity index (χ2n) is 7.27. The van der Waals surface area contributed by atoms with Gasteiger partial charge in [-0.1, -0.05) is 18.2 Å². The van der Waals surface area contributed by atoms with E-state index < -0.39 is 16.4 Å². The zero-order chi connectivity index (χ0) is 22.3. The van der Waals surface area contributed by atoms with Crippen molar-refractivity contribution in [3.8, 4) is 17.1 Å². The molecular weight excluding hydrogens is 398 g/mol. The Morgan fingerprint density at radius 1 is 1.03 bits per heavy atom. The molecule has 1 aliphatic heterocycles. The van der Waals surface area contributed by atoms with Gasteiger partial charge in [0.1, 0.15) is 11.5 Å². The Kier molecular flexibility index (Phi) is 4.90. The van der Waals surface area contributed by atoms with Crippen LogP contribution in [-0.2, 0) is 4.79 Å². The van der Waals surface area contributed by atoms with Crippen molar-refractivity contribution in [2.24, 2.45) is 5.10 Å². The van der Waals surface area contributed by atoms with Crippen LogP contribution in [0.2, 0.25) is 0 Å². The number of carbonyl (C=O) groups is 1. The number of furan rings is 1. The Hall–Kier alpha value is -4.20. The molecule has 0 saturated heterocycles. The maximum absolute atomic E-state index is 12.9. The van der Waals surface area contributed by atoms with Gasteiger partial charge in [-0.3, -0.25) is 14.9 Å². The van der Waals surface area contributed by atoms with E-state index in [-0.39, 0.29) is 5.91 Å². The predicted molar refractivity (Wildman–Crippen MR) is 115 cm³/mol. The highest BCUT2D eigenvalue weighted by molar-refractivity contribution is 6.32. The van der Waals surface area contributed by atoms with Gasteiger partial charge in [-0.2, -0.15) is 10.1 Å². The van der Waals surface area contributed by atoms with Crippen molar-refractivity contribution in [1.29, 1.82) is 0 Å². The molecule has 0 saturated carbocycles. The number of benzene rings is 2. The van der Waals surface area contributed by atoms with Crippen LogP contribution in [0.1, 0.15) is 23.8 Å². The number of nitrogens with zero attached hydrogens (tertiary/aromatic N) is 3. The number of aryl methyl sites for hydroxylation is 2. The number of rotatable bonds is 4. The van der Waals surface area contributed by atoms with Crippen LogP contribution in [0, 0.1) is 24.0 Å². The zero-order valence-electron chi connectivity index (χ0n) is 17.1. The number of nitro groups is 1. The first-order valence-electron chi connectivity index (χ1n) is 9.49. The minimum absolute atomic E-state index is 0.273. The Morgan fingerprint density at radius 2 is 1.81 bits per heavy atom. The average molecular weight is 416 g/mol. The van der Waals surface area contributed by atoms with Crippen molar-refractivity contribution >= 4 is 29.1 Å². The van der Waals surface area contributed by atoms with Crippen LogP contribution in [0.25, 0.3) is 17.4 Å². The van der Waals surface area contributed by atoms with Crippen molar-refractivity contribution in [3.63, 3.8) is 0 Å². The molecule has 0 atom stereocenters. The third-order valence-corrected chi connectivity index (χ3v) is 5.15. The minimum Gasteiger partial charge on any atom is -0.868 e. The normalized spacial score (nSPS) is 14.9. The van der Waals surface area contributed by atoms with Crippen LogP contribution in [0.3, 0.4) is 0 Å². The fraction of sp³-hybridized carbons (Fsp3) is 0.130. The first kappa shape index (κ1) is 20.1. The van der Waals surface area contributed by atoms with E-state index in [9.17, 15) is 20.0 Å². The summed E-state index contributed by atoms with van der Waals surface area (Å²) in [6, 6.07) is 12.7. The maximum atomic E-state index is 12.9. The molecule has 1 amide bonds. The molecule has 0 unspecified atom stereocenters. The largest absolute Gasteiger partial charge is 0.868 e. The standard InChI is InChI=1S/C23H19N3O5/c1-13-4-6-17(10-14(13)2)25-23(28)19(15(3)24-25)12-18-7-9-22(31-18)16-5-8-21(27)20(11-16)26(29)30/h4-12,27H,1-3H3/p-1/b19-12+. The van der Waals surface area contributed by atoms with E-state index >= 15 is 0 Å². The van der Waals surface area contributed by atoms with Crippen molar-refractivity contribution in [2.45, 2.75) is 20.8 Å². The summed E-state index contributed by atoms with van der Waals surface area (Å²) in [7, 11) is 0. The Bertz CT molecular complexity index is 1290. The molecule has 0 radical (unpaired) electrons. The molecular formula is C23H18N3O5-. The lowest BCUT2D eigenvalue weighted by atomic mass is 10.1. The number of hydrazone groups is 1. The van der Waals surface area contributed by atoms with Crippen molar-refractivity contribution in [1.82, 2.24) is 0 Å². The lowest BCUT2D eigenvalue weighted by Gasteiger charge is -2.13. The average Bonchev–Trinajstić information content (AvgIpc) is 3.30. The van der Waals surface area contributed by atoms with E-state index in [2.05, 4.69) is 5.10 Å². The van der Waals surface area contributed by atoms with Crippen LogP contribution in [-0.4, -0.2) is 16.5 Å². The monoisotopic (exact) mass is 416 g/mol. The van der Waals surface area contributed by atoms with Crippen LogP contribution >= 0.6 is 0 Å². The third kappa shape index (κ3) is 3.71. The molecule has 3 aromatic rings. The number of amides is 1. The molecule has 1 aliphatic rings. The van der Waals surface area contributed by atoms with Crippen molar-refractivity contribution < 1.29 is 19.2 Å². The quantitative estimate of drug-likeness (QED) is 0.356. The number of carbonyl (C=O) groups excluding carboxylic acids is 1. The van der Waals surface area contributed by atoms with E-state index in [1.807, 2.05) is 32.0 Å². The van der Waals surface area contributed by atoms with Gasteiger partial charge in [0.15, 0.2) is 0 Å². The zero-order valence-corrected chi connectivity index (χ0v) is 17.1. The molecule has 31 heavy (non-hydrogen) atoms. The minimum atomic E-state index is -0.726. The predicted octanol–water partition coefficient (Wildman–Crippen LogP) is 4.35. The van der Waals surface area contributed by atoms with Crippen LogP contribution in [0.4, 0.5) is 11.4 Å². The summed E-state index contributed by atoms with van der Waals surface area (Å²) in [4.78, 5) is 23.2. The third-order valence-electron chi connectivity index (χ3n) is 5.15. The van der Waals surface area contributed by atoms with Crippen molar-refractivity contribution in [3.05, 3.63) is 81.1 Å². The molecule has 0 bridgehead atoms. The van der Waals surface area contributed by atoms with E-state index in [1.165, 1.54) is 17.1 Å². The smallest absolute Gasteiger partial charge is 0.280 e. The van der Waals surface area contributed by atoms with E-state index in [0.717, 1.165) is 17.2 Å². The van der Waals surface area contributed by atoms with Gasteiger partial charge in [-0.05, 0) is 68.0 Å². The fourth-order valence-corrected chi connectivity index (χ4v) is 3.26. The van der Waals surface area contributed by atoms with Crippen LogP contribution in [0.5, 0.6) is 5.75 Å². The van der Waals surface area contributed by atoms with Crippen LogP contribution in [0.15, 0.2) is 63.6 Å². The number of anilines is 1. The molecule has 2 heterocycles. The summed E-state index contributed by atoms with van der Waals surface area (Å²) in [5.41, 5.74) is 3.68. The Labute approximate surface area is 177 Å². The number of hydrogen-bond acceptors (Lipinski definition) is 6. The fourth-order valence-electron chi connectivity index (χ4n) is 3.26. The molecule has 0 N–H and O–H groups in total. The second-order valence-corrected chi connectivity index (χ2v) is 7.27. The van der Waals surface area contributed by atoms with Gasteiger partial charge >= 0.3 is 0 Å². The van der Waals surface area contributed by atoms with E-state index in [1.54, 1.807) is 25.1 Å². The molecule has 0 spiro atoms. The van der Waals surface area contributed by atoms with Gasteiger partial charge in [0.25, 0.3) is 11.6 Å². The molecule has 4 rings (SSSR count).